The van der Waals surface area contributed by atoms with Crippen molar-refractivity contribution < 1.29 is 19.4 Å². The fourth-order valence-corrected chi connectivity index (χ4v) is 2.19. The lowest BCUT2D eigenvalue weighted by Gasteiger charge is -2.34. The Bertz CT molecular complexity index is 710. The Balaban J connectivity index is 2.14. The average molecular weight is 262 g/mol. The summed E-state index contributed by atoms with van der Waals surface area (Å²) in [5, 5.41) is 21.1. The van der Waals surface area contributed by atoms with Gasteiger partial charge in [-0.05, 0) is 26.0 Å². The molecule has 5 nitrogen and oxygen atoms in total. The van der Waals surface area contributed by atoms with Gasteiger partial charge in [0.2, 0.25) is 5.79 Å². The Morgan fingerprint density at radius 2 is 2.05 bits per heavy atom. The van der Waals surface area contributed by atoms with Crippen LogP contribution in [-0.4, -0.2) is 21.6 Å². The summed E-state index contributed by atoms with van der Waals surface area (Å²) in [4.78, 5) is 11.2. The first-order chi connectivity index (χ1) is 8.78. The molecule has 0 bridgehead atoms. The molecule has 0 spiro atoms. The monoisotopic (exact) mass is 262 g/mol. The van der Waals surface area contributed by atoms with Crippen LogP contribution in [0.3, 0.4) is 0 Å². The van der Waals surface area contributed by atoms with Gasteiger partial charge < -0.3 is 19.4 Å². The van der Waals surface area contributed by atoms with E-state index in [2.05, 4.69) is 0 Å². The number of benzene rings is 1. The van der Waals surface area contributed by atoms with E-state index in [0.29, 0.717) is 11.3 Å². The maximum absolute atomic E-state index is 11.2. The van der Waals surface area contributed by atoms with Crippen molar-refractivity contribution >= 4 is 11.0 Å². The van der Waals surface area contributed by atoms with Crippen molar-refractivity contribution in [1.29, 1.82) is 0 Å². The summed E-state index contributed by atoms with van der Waals surface area (Å²) in [6.07, 6.45) is 0.181. The molecule has 0 fully saturated rings. The van der Waals surface area contributed by atoms with Crippen molar-refractivity contribution in [2.75, 3.05) is 0 Å². The molecule has 0 amide bonds. The summed E-state index contributed by atoms with van der Waals surface area (Å²) in [7, 11) is 0. The first-order valence-electron chi connectivity index (χ1n) is 5.99. The average Bonchev–Trinajstić information content (AvgIpc) is 2.62. The van der Waals surface area contributed by atoms with Gasteiger partial charge in [0.05, 0.1) is 0 Å². The van der Waals surface area contributed by atoms with Gasteiger partial charge in [0.25, 0.3) is 0 Å². The van der Waals surface area contributed by atoms with Crippen LogP contribution in [0.2, 0.25) is 0 Å². The van der Waals surface area contributed by atoms with Crippen molar-refractivity contribution in [1.82, 2.24) is 0 Å². The maximum atomic E-state index is 11.2. The van der Waals surface area contributed by atoms with E-state index >= 15 is 0 Å². The van der Waals surface area contributed by atoms with Crippen LogP contribution < -0.4 is 10.4 Å². The largest absolute Gasteiger partial charge is 0.459 e. The molecule has 1 aromatic carbocycles. The summed E-state index contributed by atoms with van der Waals surface area (Å²) in [6.45, 7) is 2.97. The van der Waals surface area contributed by atoms with E-state index < -0.39 is 17.0 Å². The molecule has 0 saturated carbocycles. The molecule has 2 N–H and O–H groups in total. The molecule has 1 aliphatic rings. The second kappa shape index (κ2) is 3.59. The van der Waals surface area contributed by atoms with E-state index in [0.717, 1.165) is 10.9 Å². The second-order valence-electron chi connectivity index (χ2n) is 5.37. The first-order valence-corrected chi connectivity index (χ1v) is 5.99. The standard InChI is InChI=1S/C14H14O5/c1-13(2,16)14(17)7-9-5-8-3-4-12(15)18-10(8)6-11(9)19-14/h3-6,16-17H,7H2,1-2H3/t14-/m0/s1. The number of rotatable bonds is 1. The lowest BCUT2D eigenvalue weighted by molar-refractivity contribution is -0.232. The van der Waals surface area contributed by atoms with Crippen molar-refractivity contribution in [3.63, 3.8) is 0 Å². The third-order valence-electron chi connectivity index (χ3n) is 3.47. The smallest absolute Gasteiger partial charge is 0.336 e. The van der Waals surface area contributed by atoms with E-state index in [4.69, 9.17) is 9.15 Å². The quantitative estimate of drug-likeness (QED) is 0.754. The van der Waals surface area contributed by atoms with Crippen LogP contribution in [0.15, 0.2) is 33.5 Å². The van der Waals surface area contributed by atoms with Gasteiger partial charge in [-0.15, -0.1) is 0 Å². The normalized spacial score (nSPS) is 22.3. The molecular weight excluding hydrogens is 248 g/mol. The van der Waals surface area contributed by atoms with E-state index in [-0.39, 0.29) is 6.42 Å². The highest BCUT2D eigenvalue weighted by Gasteiger charge is 2.49. The summed E-state index contributed by atoms with van der Waals surface area (Å²) in [5.74, 6) is -1.25. The van der Waals surface area contributed by atoms with Crippen molar-refractivity contribution in [2.24, 2.45) is 0 Å². The predicted molar refractivity (Wildman–Crippen MR) is 68.1 cm³/mol. The molecule has 19 heavy (non-hydrogen) atoms. The molecule has 0 aliphatic carbocycles. The second-order valence-corrected chi connectivity index (χ2v) is 5.37. The molecular formula is C14H14O5. The molecule has 0 unspecified atom stereocenters. The van der Waals surface area contributed by atoms with Gasteiger partial charge in [0.1, 0.15) is 16.9 Å². The van der Waals surface area contributed by atoms with Crippen LogP contribution in [0.25, 0.3) is 11.0 Å². The molecule has 2 heterocycles. The van der Waals surface area contributed by atoms with E-state index in [1.54, 1.807) is 18.2 Å². The number of hydrogen-bond donors (Lipinski definition) is 2. The minimum absolute atomic E-state index is 0.181. The molecule has 1 aliphatic heterocycles. The van der Waals surface area contributed by atoms with E-state index in [1.807, 2.05) is 0 Å². The molecule has 100 valence electrons. The molecule has 1 atom stereocenters. The summed E-state index contributed by atoms with van der Waals surface area (Å²) in [6, 6.07) is 6.35. The SMILES string of the molecule is CC(C)(O)[C@]1(O)Cc2cc3ccc(=O)oc3cc2O1. The van der Waals surface area contributed by atoms with Crippen LogP contribution in [0.4, 0.5) is 0 Å². The molecule has 2 aromatic rings. The number of aliphatic hydroxyl groups is 2. The summed E-state index contributed by atoms with van der Waals surface area (Å²) >= 11 is 0. The van der Waals surface area contributed by atoms with E-state index in [9.17, 15) is 15.0 Å². The van der Waals surface area contributed by atoms with Crippen molar-refractivity contribution in [2.45, 2.75) is 31.7 Å². The third kappa shape index (κ3) is 1.82. The first kappa shape index (κ1) is 12.2. The Hall–Kier alpha value is -1.85. The molecule has 1 aromatic heterocycles. The topological polar surface area (TPSA) is 79.9 Å². The zero-order chi connectivity index (χ0) is 13.8. The van der Waals surface area contributed by atoms with Crippen LogP contribution in [0, 0.1) is 0 Å². The van der Waals surface area contributed by atoms with Crippen LogP contribution in [0.5, 0.6) is 5.75 Å². The van der Waals surface area contributed by atoms with E-state index in [1.165, 1.54) is 19.9 Å². The van der Waals surface area contributed by atoms with Gasteiger partial charge in [-0.25, -0.2) is 4.79 Å². The van der Waals surface area contributed by atoms with Crippen molar-refractivity contribution in [3.05, 3.63) is 40.2 Å². The molecule has 0 radical (unpaired) electrons. The predicted octanol–water partition coefficient (Wildman–Crippen LogP) is 1.19. The number of fused-ring (bicyclic) bond motifs is 2. The van der Waals surface area contributed by atoms with Gasteiger partial charge in [-0.1, -0.05) is 0 Å². The minimum Gasteiger partial charge on any atom is -0.459 e. The fraction of sp³-hybridized carbons (Fsp3) is 0.357. The lowest BCUT2D eigenvalue weighted by atomic mass is 9.93. The van der Waals surface area contributed by atoms with Gasteiger partial charge in [-0.2, -0.15) is 0 Å². The summed E-state index contributed by atoms with van der Waals surface area (Å²) in [5.41, 5.74) is -0.681. The van der Waals surface area contributed by atoms with Crippen LogP contribution in [0.1, 0.15) is 19.4 Å². The highest BCUT2D eigenvalue weighted by Crippen LogP contribution is 2.41. The van der Waals surface area contributed by atoms with Gasteiger partial charge >= 0.3 is 5.63 Å². The highest BCUT2D eigenvalue weighted by atomic mass is 16.6. The highest BCUT2D eigenvalue weighted by molar-refractivity contribution is 5.79. The van der Waals surface area contributed by atoms with Gasteiger partial charge in [-0.3, -0.25) is 0 Å². The molecule has 5 heteroatoms. The van der Waals surface area contributed by atoms with Crippen LogP contribution >= 0.6 is 0 Å². The number of hydrogen-bond acceptors (Lipinski definition) is 5. The minimum atomic E-state index is -1.67. The number of ether oxygens (including phenoxy) is 1. The lowest BCUT2D eigenvalue weighted by Crippen LogP contribution is -2.53. The Morgan fingerprint density at radius 1 is 1.32 bits per heavy atom. The molecule has 3 rings (SSSR count). The van der Waals surface area contributed by atoms with Gasteiger partial charge in [0.15, 0.2) is 0 Å². The zero-order valence-electron chi connectivity index (χ0n) is 10.6. The third-order valence-corrected chi connectivity index (χ3v) is 3.47. The zero-order valence-corrected chi connectivity index (χ0v) is 10.6. The fourth-order valence-electron chi connectivity index (χ4n) is 2.19. The Labute approximate surface area is 109 Å². The maximum Gasteiger partial charge on any atom is 0.336 e. The van der Waals surface area contributed by atoms with Crippen molar-refractivity contribution in [3.8, 4) is 5.75 Å². The Morgan fingerprint density at radius 3 is 2.74 bits per heavy atom. The summed E-state index contributed by atoms with van der Waals surface area (Å²) < 4.78 is 10.5. The van der Waals surface area contributed by atoms with Gasteiger partial charge in [0, 0.05) is 29.5 Å². The van der Waals surface area contributed by atoms with Crippen LogP contribution in [-0.2, 0) is 6.42 Å². The molecule has 0 saturated heterocycles. The Kier molecular flexibility index (Phi) is 2.30.